The average molecular weight is 410 g/mol. The standard InChI is InChI=1S/C21H22N4O5/c1-25(17(26)12-16-19(27)24-21(29)23-16)18(13-6-4-3-5-7-13)20(28)22-14-8-10-15(30-2)11-9-14/h3-11,16,18H,12H2,1-2H3,(H,22,28)(H2,23,24,27,29)/t16-,18+/m0/s1. The van der Waals surface area contributed by atoms with Crippen LogP contribution >= 0.6 is 0 Å². The van der Waals surface area contributed by atoms with Crippen LogP contribution in [0.15, 0.2) is 54.6 Å². The van der Waals surface area contributed by atoms with Crippen LogP contribution in [0, 0.1) is 0 Å². The molecule has 2 aromatic carbocycles. The van der Waals surface area contributed by atoms with Gasteiger partial charge in [0, 0.05) is 12.7 Å². The van der Waals surface area contributed by atoms with Gasteiger partial charge in [-0.25, -0.2) is 4.79 Å². The molecule has 1 aliphatic rings. The summed E-state index contributed by atoms with van der Waals surface area (Å²) in [5.41, 5.74) is 1.16. The summed E-state index contributed by atoms with van der Waals surface area (Å²) in [4.78, 5) is 50.2. The van der Waals surface area contributed by atoms with Crippen LogP contribution in [0.3, 0.4) is 0 Å². The van der Waals surface area contributed by atoms with Gasteiger partial charge in [0.05, 0.1) is 13.5 Å². The zero-order chi connectivity index (χ0) is 21.7. The van der Waals surface area contributed by atoms with Crippen molar-refractivity contribution in [2.24, 2.45) is 0 Å². The lowest BCUT2D eigenvalue weighted by Gasteiger charge is -2.28. The van der Waals surface area contributed by atoms with Crippen molar-refractivity contribution >= 4 is 29.4 Å². The maximum atomic E-state index is 13.1. The number of hydrogen-bond donors (Lipinski definition) is 3. The monoisotopic (exact) mass is 410 g/mol. The Morgan fingerprint density at radius 3 is 2.33 bits per heavy atom. The smallest absolute Gasteiger partial charge is 0.322 e. The first-order valence-electron chi connectivity index (χ1n) is 9.26. The van der Waals surface area contributed by atoms with Gasteiger partial charge in [0.25, 0.3) is 11.8 Å². The number of methoxy groups -OCH3 is 1. The summed E-state index contributed by atoms with van der Waals surface area (Å²) < 4.78 is 5.11. The second kappa shape index (κ2) is 9.08. The van der Waals surface area contributed by atoms with Crippen LogP contribution < -0.4 is 20.7 Å². The molecule has 2 aromatic rings. The van der Waals surface area contributed by atoms with E-state index in [-0.39, 0.29) is 6.42 Å². The Morgan fingerprint density at radius 1 is 1.10 bits per heavy atom. The second-order valence-corrected chi connectivity index (χ2v) is 6.76. The molecule has 5 amide bonds. The first kappa shape index (κ1) is 20.8. The highest BCUT2D eigenvalue weighted by molar-refractivity contribution is 6.06. The number of ether oxygens (including phenoxy) is 1. The Bertz CT molecular complexity index is 946. The molecule has 0 aliphatic carbocycles. The molecule has 0 bridgehead atoms. The number of imide groups is 1. The molecular formula is C21H22N4O5. The van der Waals surface area contributed by atoms with Gasteiger partial charge in [0.1, 0.15) is 17.8 Å². The Hall–Kier alpha value is -3.88. The molecule has 3 N–H and O–H groups in total. The van der Waals surface area contributed by atoms with Gasteiger partial charge in [0.2, 0.25) is 5.91 Å². The van der Waals surface area contributed by atoms with E-state index in [1.54, 1.807) is 55.6 Å². The number of amides is 5. The first-order chi connectivity index (χ1) is 14.4. The molecule has 9 heteroatoms. The molecule has 2 atom stereocenters. The predicted molar refractivity (Wildman–Crippen MR) is 109 cm³/mol. The highest BCUT2D eigenvalue weighted by atomic mass is 16.5. The lowest BCUT2D eigenvalue weighted by atomic mass is 10.0. The van der Waals surface area contributed by atoms with E-state index in [9.17, 15) is 19.2 Å². The summed E-state index contributed by atoms with van der Waals surface area (Å²) in [6.45, 7) is 0. The molecular weight excluding hydrogens is 388 g/mol. The molecule has 0 spiro atoms. The summed E-state index contributed by atoms with van der Waals surface area (Å²) in [6.07, 6.45) is -0.257. The average Bonchev–Trinajstić information content (AvgIpc) is 3.06. The maximum Gasteiger partial charge on any atom is 0.322 e. The van der Waals surface area contributed by atoms with Crippen molar-refractivity contribution in [3.8, 4) is 5.75 Å². The van der Waals surface area contributed by atoms with Gasteiger partial charge in [-0.2, -0.15) is 0 Å². The van der Waals surface area contributed by atoms with Crippen LogP contribution in [0.5, 0.6) is 5.75 Å². The van der Waals surface area contributed by atoms with Crippen molar-refractivity contribution in [1.82, 2.24) is 15.5 Å². The second-order valence-electron chi connectivity index (χ2n) is 6.76. The van der Waals surface area contributed by atoms with E-state index in [1.807, 2.05) is 6.07 Å². The summed E-state index contributed by atoms with van der Waals surface area (Å²) in [5, 5.41) is 7.28. The van der Waals surface area contributed by atoms with Crippen molar-refractivity contribution in [1.29, 1.82) is 0 Å². The van der Waals surface area contributed by atoms with Crippen LogP contribution in [-0.4, -0.2) is 48.9 Å². The largest absolute Gasteiger partial charge is 0.497 e. The molecule has 0 unspecified atom stereocenters. The number of carbonyl (C=O) groups is 4. The molecule has 3 rings (SSSR count). The molecule has 30 heavy (non-hydrogen) atoms. The van der Waals surface area contributed by atoms with Gasteiger partial charge in [-0.3, -0.25) is 19.7 Å². The number of hydrogen-bond acceptors (Lipinski definition) is 5. The molecule has 0 aromatic heterocycles. The van der Waals surface area contributed by atoms with Gasteiger partial charge >= 0.3 is 6.03 Å². The Labute approximate surface area is 173 Å². The molecule has 1 saturated heterocycles. The predicted octanol–water partition coefficient (Wildman–Crippen LogP) is 1.43. The third-order valence-corrected chi connectivity index (χ3v) is 4.74. The summed E-state index contributed by atoms with van der Waals surface area (Å²) in [5.74, 6) is -0.796. The molecule has 156 valence electrons. The van der Waals surface area contributed by atoms with Gasteiger partial charge in [-0.05, 0) is 29.8 Å². The normalized spacial score (nSPS) is 16.3. The highest BCUT2D eigenvalue weighted by Gasteiger charge is 2.35. The third kappa shape index (κ3) is 4.75. The minimum atomic E-state index is -0.964. The van der Waals surface area contributed by atoms with Crippen LogP contribution in [0.1, 0.15) is 18.0 Å². The maximum absolute atomic E-state index is 13.1. The first-order valence-corrected chi connectivity index (χ1v) is 9.26. The van der Waals surface area contributed by atoms with Crippen LogP contribution in [-0.2, 0) is 14.4 Å². The van der Waals surface area contributed by atoms with Crippen LogP contribution in [0.25, 0.3) is 0 Å². The Balaban J connectivity index is 1.79. The van der Waals surface area contributed by atoms with Gasteiger partial charge in [-0.15, -0.1) is 0 Å². The molecule has 1 aliphatic heterocycles. The Kier molecular flexibility index (Phi) is 6.31. The van der Waals surface area contributed by atoms with Crippen molar-refractivity contribution in [2.75, 3.05) is 19.5 Å². The van der Waals surface area contributed by atoms with E-state index in [0.29, 0.717) is 17.0 Å². The summed E-state index contributed by atoms with van der Waals surface area (Å²) in [6, 6.07) is 13.1. The Morgan fingerprint density at radius 2 is 1.77 bits per heavy atom. The zero-order valence-corrected chi connectivity index (χ0v) is 16.5. The zero-order valence-electron chi connectivity index (χ0n) is 16.5. The number of rotatable bonds is 7. The van der Waals surface area contributed by atoms with Crippen LogP contribution in [0.2, 0.25) is 0 Å². The molecule has 1 heterocycles. The van der Waals surface area contributed by atoms with E-state index in [4.69, 9.17) is 4.74 Å². The van der Waals surface area contributed by atoms with E-state index < -0.39 is 35.8 Å². The van der Waals surface area contributed by atoms with Crippen molar-refractivity contribution in [3.05, 3.63) is 60.2 Å². The van der Waals surface area contributed by atoms with Crippen LogP contribution in [0.4, 0.5) is 10.5 Å². The van der Waals surface area contributed by atoms with Gasteiger partial charge in [-0.1, -0.05) is 30.3 Å². The van der Waals surface area contributed by atoms with Crippen molar-refractivity contribution in [2.45, 2.75) is 18.5 Å². The third-order valence-electron chi connectivity index (χ3n) is 4.74. The van der Waals surface area contributed by atoms with Crippen molar-refractivity contribution < 1.29 is 23.9 Å². The lowest BCUT2D eigenvalue weighted by Crippen LogP contribution is -2.42. The quantitative estimate of drug-likeness (QED) is 0.597. The molecule has 1 fully saturated rings. The fourth-order valence-corrected chi connectivity index (χ4v) is 3.14. The van der Waals surface area contributed by atoms with Gasteiger partial charge in [0.15, 0.2) is 0 Å². The minimum absolute atomic E-state index is 0.257. The minimum Gasteiger partial charge on any atom is -0.497 e. The van der Waals surface area contributed by atoms with E-state index in [1.165, 1.54) is 11.9 Å². The fraction of sp³-hybridized carbons (Fsp3) is 0.238. The van der Waals surface area contributed by atoms with E-state index >= 15 is 0 Å². The molecule has 0 radical (unpaired) electrons. The number of anilines is 1. The molecule has 0 saturated carbocycles. The highest BCUT2D eigenvalue weighted by Crippen LogP contribution is 2.24. The topological polar surface area (TPSA) is 117 Å². The SMILES string of the molecule is COc1ccc(NC(=O)[C@@H](c2ccccc2)N(C)C(=O)C[C@@H]2NC(=O)NC2=O)cc1. The number of urea groups is 1. The van der Waals surface area contributed by atoms with Crippen molar-refractivity contribution in [3.63, 3.8) is 0 Å². The van der Waals surface area contributed by atoms with E-state index in [0.717, 1.165) is 0 Å². The summed E-state index contributed by atoms with van der Waals surface area (Å²) >= 11 is 0. The number of carbonyl (C=O) groups excluding carboxylic acids is 4. The van der Waals surface area contributed by atoms with E-state index in [2.05, 4.69) is 16.0 Å². The number of likely N-dealkylation sites (N-methyl/N-ethyl adjacent to an activating group) is 1. The number of nitrogens with zero attached hydrogens (tertiary/aromatic N) is 1. The number of benzene rings is 2. The van der Waals surface area contributed by atoms with Gasteiger partial charge < -0.3 is 20.3 Å². The lowest BCUT2D eigenvalue weighted by molar-refractivity contribution is -0.138. The number of nitrogens with one attached hydrogen (secondary N) is 3. The molecule has 9 nitrogen and oxygen atoms in total. The summed E-state index contributed by atoms with van der Waals surface area (Å²) in [7, 11) is 3.04. The fourth-order valence-electron chi connectivity index (χ4n) is 3.14.